The Bertz CT molecular complexity index is 1300. The Balaban J connectivity index is 2.00. The number of cyclic esters (lactones) is 2. The van der Waals surface area contributed by atoms with Crippen LogP contribution in [0.5, 0.6) is 17.2 Å². The van der Waals surface area contributed by atoms with Gasteiger partial charge in [0.15, 0.2) is 17.4 Å². The van der Waals surface area contributed by atoms with Crippen LogP contribution in [0.4, 0.5) is 0 Å². The first kappa shape index (κ1) is 25.9. The van der Waals surface area contributed by atoms with Crippen molar-refractivity contribution in [1.82, 2.24) is 4.57 Å². The van der Waals surface area contributed by atoms with Gasteiger partial charge in [0.05, 0.1) is 14.2 Å². The number of hydrogen-bond donors (Lipinski definition) is 1. The number of aromatic hydroxyl groups is 1. The second-order valence-electron chi connectivity index (χ2n) is 9.37. The molecule has 0 aliphatic carbocycles. The topological polar surface area (TPSA) is 123 Å². The molecule has 0 spiro atoms. The predicted octanol–water partition coefficient (Wildman–Crippen LogP) is 3.09. The number of phenolic OH excluding ortho intramolecular Hbond substituents is 1. The Kier molecular flexibility index (Phi) is 6.77. The Labute approximate surface area is 214 Å². The highest BCUT2D eigenvalue weighted by molar-refractivity contribution is 5.98. The fourth-order valence-electron chi connectivity index (χ4n) is 4.64. The molecule has 0 amide bonds. The Morgan fingerprint density at radius 3 is 2.11 bits per heavy atom. The average molecular weight is 511 g/mol. The number of hydrogen-bond acceptors (Lipinski definition) is 8. The lowest BCUT2D eigenvalue weighted by atomic mass is 9.83. The molecule has 1 atom stereocenters. The van der Waals surface area contributed by atoms with Crippen LogP contribution in [0.25, 0.3) is 0 Å². The van der Waals surface area contributed by atoms with Gasteiger partial charge in [-0.15, -0.1) is 0 Å². The summed E-state index contributed by atoms with van der Waals surface area (Å²) in [6, 6.07) is 12.4. The standard InChI is InChI=1S/C27H30N2O8/c1-15-16(2)29(33)24(28(15)14-17-10-8-7-9-11-17)21(22-25(31)36-27(3,4)37-26(22)32)18-12-19(34-5)23(30)20(13-18)35-6/h7-13,21-22,30H,14H2,1-6H3/t21-/m0/s1. The van der Waals surface area contributed by atoms with E-state index in [4.69, 9.17) is 18.9 Å². The molecule has 4 rings (SSSR count). The zero-order chi connectivity index (χ0) is 27.1. The van der Waals surface area contributed by atoms with E-state index in [0.29, 0.717) is 23.5 Å². The first-order valence-electron chi connectivity index (χ1n) is 11.7. The molecule has 10 nitrogen and oxygen atoms in total. The van der Waals surface area contributed by atoms with Crippen LogP contribution >= 0.6 is 0 Å². The van der Waals surface area contributed by atoms with Crippen LogP contribution in [0, 0.1) is 25.0 Å². The fourth-order valence-corrected chi connectivity index (χ4v) is 4.64. The van der Waals surface area contributed by atoms with Gasteiger partial charge in [-0.25, -0.2) is 9.30 Å². The monoisotopic (exact) mass is 510 g/mol. The minimum Gasteiger partial charge on any atom is -0.711 e. The number of esters is 2. The summed E-state index contributed by atoms with van der Waals surface area (Å²) >= 11 is 0. The lowest BCUT2D eigenvalue weighted by molar-refractivity contribution is -0.621. The normalized spacial score (nSPS) is 16.2. The molecule has 2 aromatic carbocycles. The van der Waals surface area contributed by atoms with Crippen LogP contribution in [0.15, 0.2) is 42.5 Å². The summed E-state index contributed by atoms with van der Waals surface area (Å²) in [7, 11) is 2.72. The van der Waals surface area contributed by atoms with Crippen LogP contribution in [-0.4, -0.2) is 41.6 Å². The highest BCUT2D eigenvalue weighted by Gasteiger charge is 2.52. The maximum absolute atomic E-state index is 13.7. The van der Waals surface area contributed by atoms with Gasteiger partial charge in [0.25, 0.3) is 11.6 Å². The summed E-state index contributed by atoms with van der Waals surface area (Å²) in [5.41, 5.74) is 2.31. The van der Waals surface area contributed by atoms with Crippen molar-refractivity contribution in [1.29, 1.82) is 0 Å². The van der Waals surface area contributed by atoms with Crippen LogP contribution in [-0.2, 0) is 25.6 Å². The van der Waals surface area contributed by atoms with Gasteiger partial charge in [0.2, 0.25) is 5.75 Å². The van der Waals surface area contributed by atoms with E-state index in [0.717, 1.165) is 10.3 Å². The summed E-state index contributed by atoms with van der Waals surface area (Å²) in [5, 5.41) is 24.1. The van der Waals surface area contributed by atoms with Gasteiger partial charge in [-0.2, -0.15) is 0 Å². The van der Waals surface area contributed by atoms with Gasteiger partial charge in [-0.1, -0.05) is 30.3 Å². The summed E-state index contributed by atoms with van der Waals surface area (Å²) in [4.78, 5) is 26.6. The molecule has 1 N–H and O–H groups in total. The number of carbonyl (C=O) groups is 2. The minimum absolute atomic E-state index is 0.0456. The molecule has 3 aromatic rings. The maximum Gasteiger partial charge on any atom is 0.324 e. The number of ether oxygens (including phenoxy) is 4. The molecule has 0 bridgehead atoms. The Hall–Kier alpha value is -4.21. The number of benzene rings is 2. The summed E-state index contributed by atoms with van der Waals surface area (Å²) < 4.78 is 24.0. The first-order chi connectivity index (χ1) is 17.5. The van der Waals surface area contributed by atoms with Crippen molar-refractivity contribution in [2.75, 3.05) is 14.2 Å². The molecule has 0 unspecified atom stereocenters. The van der Waals surface area contributed by atoms with E-state index in [-0.39, 0.29) is 23.1 Å². The quantitative estimate of drug-likeness (QED) is 0.223. The number of rotatable bonds is 7. The van der Waals surface area contributed by atoms with Crippen molar-refractivity contribution in [2.45, 2.75) is 45.9 Å². The van der Waals surface area contributed by atoms with Crippen LogP contribution in [0.2, 0.25) is 0 Å². The second kappa shape index (κ2) is 9.68. The van der Waals surface area contributed by atoms with Crippen LogP contribution < -0.4 is 14.2 Å². The summed E-state index contributed by atoms with van der Waals surface area (Å²) in [5.74, 6) is -5.82. The molecule has 196 valence electrons. The molecule has 1 aliphatic rings. The summed E-state index contributed by atoms with van der Waals surface area (Å²) in [6.07, 6.45) is 0. The molecule has 37 heavy (non-hydrogen) atoms. The van der Waals surface area contributed by atoms with E-state index in [9.17, 15) is 19.9 Å². The number of methoxy groups -OCH3 is 2. The molecule has 10 heteroatoms. The van der Waals surface area contributed by atoms with Crippen molar-refractivity contribution in [3.05, 3.63) is 76.0 Å². The van der Waals surface area contributed by atoms with Crippen LogP contribution in [0.1, 0.15) is 48.1 Å². The molecule has 1 saturated heterocycles. The zero-order valence-corrected chi connectivity index (χ0v) is 21.6. The van der Waals surface area contributed by atoms with E-state index < -0.39 is 29.6 Å². The lowest BCUT2D eigenvalue weighted by Gasteiger charge is -2.35. The molecule has 0 radical (unpaired) electrons. The number of carbonyl (C=O) groups excluding carboxylic acids is 2. The smallest absolute Gasteiger partial charge is 0.324 e. The Morgan fingerprint density at radius 1 is 1.05 bits per heavy atom. The average Bonchev–Trinajstić information content (AvgIpc) is 3.05. The maximum atomic E-state index is 13.7. The largest absolute Gasteiger partial charge is 0.711 e. The van der Waals surface area contributed by atoms with E-state index in [1.54, 1.807) is 18.4 Å². The van der Waals surface area contributed by atoms with Gasteiger partial charge in [-0.05, 0) is 23.3 Å². The van der Waals surface area contributed by atoms with E-state index in [1.165, 1.54) is 40.2 Å². The van der Waals surface area contributed by atoms with Crippen LogP contribution in [0.3, 0.4) is 0 Å². The third kappa shape index (κ3) is 4.66. The van der Waals surface area contributed by atoms with E-state index in [2.05, 4.69) is 0 Å². The van der Waals surface area contributed by atoms with Crippen molar-refractivity contribution in [3.63, 3.8) is 0 Å². The predicted molar refractivity (Wildman–Crippen MR) is 131 cm³/mol. The fraction of sp³-hybridized carbons (Fsp3) is 0.370. The molecule has 1 aromatic heterocycles. The zero-order valence-electron chi connectivity index (χ0n) is 21.6. The third-order valence-electron chi connectivity index (χ3n) is 6.57. The number of aromatic nitrogens is 2. The molecule has 1 fully saturated rings. The van der Waals surface area contributed by atoms with Gasteiger partial charge < -0.3 is 29.3 Å². The Morgan fingerprint density at radius 2 is 1.59 bits per heavy atom. The SMILES string of the molecule is COc1cc([C@H](c2n(Cc3ccccc3)c(C)c(C)[n+]2[O-])C2C(=O)OC(C)(C)OC2=O)cc(OC)c1O. The number of phenols is 1. The summed E-state index contributed by atoms with van der Waals surface area (Å²) in [6.45, 7) is 6.69. The molecule has 1 aliphatic heterocycles. The van der Waals surface area contributed by atoms with Crippen molar-refractivity contribution >= 4 is 11.9 Å². The molecular weight excluding hydrogens is 480 g/mol. The van der Waals surface area contributed by atoms with Gasteiger partial charge >= 0.3 is 11.9 Å². The molecule has 2 heterocycles. The highest BCUT2D eigenvalue weighted by Crippen LogP contribution is 2.44. The van der Waals surface area contributed by atoms with Crippen molar-refractivity contribution < 1.29 is 38.4 Å². The highest BCUT2D eigenvalue weighted by atomic mass is 16.7. The number of nitrogens with zero attached hydrogens (tertiary/aromatic N) is 2. The van der Waals surface area contributed by atoms with Gasteiger partial charge in [0.1, 0.15) is 23.9 Å². The third-order valence-corrected chi connectivity index (χ3v) is 6.57. The minimum atomic E-state index is -1.50. The van der Waals surface area contributed by atoms with Gasteiger partial charge in [0, 0.05) is 27.7 Å². The molecule has 0 saturated carbocycles. The van der Waals surface area contributed by atoms with Crippen molar-refractivity contribution in [3.8, 4) is 17.2 Å². The van der Waals surface area contributed by atoms with Crippen molar-refractivity contribution in [2.24, 2.45) is 5.92 Å². The second-order valence-corrected chi connectivity index (χ2v) is 9.37. The molecular formula is C27H30N2O8. The van der Waals surface area contributed by atoms with Gasteiger partial charge in [-0.3, -0.25) is 9.59 Å². The lowest BCUT2D eigenvalue weighted by Crippen LogP contribution is -2.50. The van der Waals surface area contributed by atoms with E-state index in [1.807, 2.05) is 30.3 Å². The number of imidazole rings is 1. The van der Waals surface area contributed by atoms with E-state index >= 15 is 0 Å². The first-order valence-corrected chi connectivity index (χ1v) is 11.7.